The van der Waals surface area contributed by atoms with Crippen molar-refractivity contribution in [3.05, 3.63) is 28.7 Å². The van der Waals surface area contributed by atoms with E-state index in [9.17, 15) is 14.7 Å². The van der Waals surface area contributed by atoms with Crippen molar-refractivity contribution in [2.75, 3.05) is 18.5 Å². The molecule has 0 bridgehead atoms. The summed E-state index contributed by atoms with van der Waals surface area (Å²) in [6.07, 6.45) is 0. The fourth-order valence-corrected chi connectivity index (χ4v) is 2.21. The van der Waals surface area contributed by atoms with Crippen molar-refractivity contribution in [1.29, 1.82) is 0 Å². The Hall–Kier alpha value is -1.60. The summed E-state index contributed by atoms with van der Waals surface area (Å²) in [6.45, 7) is 1.84. The molecule has 1 aromatic carbocycles. The Balaban J connectivity index is 1.98. The molecule has 0 spiro atoms. The number of carbonyl (C=O) groups excluding carboxylic acids is 1. The van der Waals surface area contributed by atoms with Crippen LogP contribution < -0.4 is 10.6 Å². The first-order valence-electron chi connectivity index (χ1n) is 6.06. The monoisotopic (exact) mass is 342 g/mol. The summed E-state index contributed by atoms with van der Waals surface area (Å²) in [5.41, 5.74) is -0.474. The van der Waals surface area contributed by atoms with Crippen molar-refractivity contribution >= 4 is 33.6 Å². The molecular weight excluding hydrogens is 328 g/mol. The first-order valence-corrected chi connectivity index (χ1v) is 6.85. The van der Waals surface area contributed by atoms with Gasteiger partial charge in [0.1, 0.15) is 5.41 Å². The lowest BCUT2D eigenvalue weighted by Gasteiger charge is -2.25. The minimum atomic E-state index is -1.10. The zero-order valence-electron chi connectivity index (χ0n) is 10.9. The molecule has 3 N–H and O–H groups in total. The van der Waals surface area contributed by atoms with Crippen molar-refractivity contribution in [3.8, 4) is 0 Å². The number of nitrogens with one attached hydrogen (secondary N) is 2. The number of halogens is 1. The summed E-state index contributed by atoms with van der Waals surface area (Å²) in [4.78, 5) is 23.1. The number of aliphatic carboxylic acids is 1. The van der Waals surface area contributed by atoms with E-state index in [0.29, 0.717) is 5.69 Å². The Kier molecular flexibility index (Phi) is 4.29. The molecule has 0 saturated carbocycles. The highest BCUT2D eigenvalue weighted by molar-refractivity contribution is 9.10. The average molecular weight is 343 g/mol. The van der Waals surface area contributed by atoms with Gasteiger partial charge in [0.15, 0.2) is 0 Å². The van der Waals surface area contributed by atoms with Crippen molar-refractivity contribution in [1.82, 2.24) is 5.32 Å². The molecule has 1 saturated heterocycles. The van der Waals surface area contributed by atoms with E-state index in [1.54, 1.807) is 31.2 Å². The summed E-state index contributed by atoms with van der Waals surface area (Å²) in [5.74, 6) is -0.982. The number of carboxylic acid groups (broad SMARTS) is 1. The number of benzene rings is 1. The van der Waals surface area contributed by atoms with E-state index >= 15 is 0 Å². The smallest absolute Gasteiger partial charge is 0.319 e. The zero-order chi connectivity index (χ0) is 14.8. The highest BCUT2D eigenvalue weighted by atomic mass is 79.9. The maximum absolute atomic E-state index is 11.9. The highest BCUT2D eigenvalue weighted by Gasteiger charge is 2.47. The van der Waals surface area contributed by atoms with Gasteiger partial charge in [-0.1, -0.05) is 15.9 Å². The molecule has 1 fully saturated rings. The first-order chi connectivity index (χ1) is 9.41. The average Bonchev–Trinajstić information content (AvgIpc) is 2.75. The van der Waals surface area contributed by atoms with Crippen LogP contribution in [0.2, 0.25) is 0 Å². The molecule has 7 heteroatoms. The molecule has 1 heterocycles. The van der Waals surface area contributed by atoms with E-state index in [2.05, 4.69) is 26.6 Å². The Morgan fingerprint density at radius 1 is 1.40 bits per heavy atom. The van der Waals surface area contributed by atoms with E-state index in [0.717, 1.165) is 4.47 Å². The Labute approximate surface area is 124 Å². The molecule has 0 aromatic heterocycles. The second-order valence-electron chi connectivity index (χ2n) is 4.90. The van der Waals surface area contributed by atoms with Crippen molar-refractivity contribution in [3.63, 3.8) is 0 Å². The molecule has 2 rings (SSSR count). The predicted octanol–water partition coefficient (Wildman–Crippen LogP) is 2.06. The zero-order valence-corrected chi connectivity index (χ0v) is 12.4. The van der Waals surface area contributed by atoms with E-state index in [4.69, 9.17) is 4.74 Å². The van der Waals surface area contributed by atoms with Crippen LogP contribution in [0, 0.1) is 5.41 Å². The first kappa shape index (κ1) is 14.8. The van der Waals surface area contributed by atoms with Crippen molar-refractivity contribution in [2.24, 2.45) is 5.41 Å². The standard InChI is InChI=1S/C13H15BrN2O4/c1-13(11(17)18)7-20-6-10(13)16-12(19)15-9-4-2-8(14)3-5-9/h2-5,10H,6-7H2,1H3,(H,17,18)(H2,15,16,19). The molecule has 1 aromatic rings. The summed E-state index contributed by atoms with van der Waals surface area (Å²) in [7, 11) is 0. The third-order valence-corrected chi connectivity index (χ3v) is 3.88. The number of carboxylic acids is 1. The van der Waals surface area contributed by atoms with E-state index < -0.39 is 23.5 Å². The van der Waals surface area contributed by atoms with Gasteiger partial charge in [0, 0.05) is 10.2 Å². The summed E-state index contributed by atoms with van der Waals surface area (Å²) < 4.78 is 6.08. The lowest BCUT2D eigenvalue weighted by atomic mass is 9.85. The van der Waals surface area contributed by atoms with Gasteiger partial charge in [-0.15, -0.1) is 0 Å². The molecule has 2 amide bonds. The van der Waals surface area contributed by atoms with E-state index in [1.807, 2.05) is 0 Å². The van der Waals surface area contributed by atoms with Gasteiger partial charge in [-0.2, -0.15) is 0 Å². The maximum atomic E-state index is 11.9. The summed E-state index contributed by atoms with van der Waals surface area (Å²) in [5, 5.41) is 14.5. The minimum Gasteiger partial charge on any atom is -0.481 e. The van der Waals surface area contributed by atoms with Crippen LogP contribution in [-0.4, -0.2) is 36.4 Å². The minimum absolute atomic E-state index is 0.0889. The number of anilines is 1. The number of hydrogen-bond acceptors (Lipinski definition) is 3. The molecule has 1 aliphatic rings. The summed E-state index contributed by atoms with van der Waals surface area (Å²) in [6, 6.07) is 6.08. The largest absolute Gasteiger partial charge is 0.481 e. The van der Waals surface area contributed by atoms with Crippen LogP contribution in [0.1, 0.15) is 6.92 Å². The third-order valence-electron chi connectivity index (χ3n) is 3.35. The number of carbonyl (C=O) groups is 2. The topological polar surface area (TPSA) is 87.7 Å². The van der Waals surface area contributed by atoms with Crippen molar-refractivity contribution in [2.45, 2.75) is 13.0 Å². The fourth-order valence-electron chi connectivity index (χ4n) is 1.94. The van der Waals surface area contributed by atoms with Crippen LogP contribution in [0.5, 0.6) is 0 Å². The molecule has 2 atom stereocenters. The molecule has 6 nitrogen and oxygen atoms in total. The normalized spacial score (nSPS) is 25.2. The number of amides is 2. The van der Waals surface area contributed by atoms with Gasteiger partial charge in [0.25, 0.3) is 0 Å². The van der Waals surface area contributed by atoms with Crippen LogP contribution in [0.15, 0.2) is 28.7 Å². The van der Waals surface area contributed by atoms with Crippen molar-refractivity contribution < 1.29 is 19.4 Å². The molecule has 108 valence electrons. The summed E-state index contributed by atoms with van der Waals surface area (Å²) >= 11 is 3.30. The molecule has 2 unspecified atom stereocenters. The molecule has 0 aliphatic carbocycles. The Bertz CT molecular complexity index is 520. The second-order valence-corrected chi connectivity index (χ2v) is 5.81. The Morgan fingerprint density at radius 3 is 2.65 bits per heavy atom. The van der Waals surface area contributed by atoms with Crippen LogP contribution in [0.25, 0.3) is 0 Å². The third kappa shape index (κ3) is 3.10. The van der Waals surface area contributed by atoms with E-state index in [1.165, 1.54) is 0 Å². The van der Waals surface area contributed by atoms with Crippen LogP contribution in [0.3, 0.4) is 0 Å². The molecule has 1 aliphatic heterocycles. The SMILES string of the molecule is CC1(C(=O)O)COCC1NC(=O)Nc1ccc(Br)cc1. The fraction of sp³-hybridized carbons (Fsp3) is 0.385. The van der Waals surface area contributed by atoms with Gasteiger partial charge >= 0.3 is 12.0 Å². The van der Waals surface area contributed by atoms with E-state index in [-0.39, 0.29) is 13.2 Å². The van der Waals surface area contributed by atoms with Crippen LogP contribution in [-0.2, 0) is 9.53 Å². The maximum Gasteiger partial charge on any atom is 0.319 e. The van der Waals surface area contributed by atoms with Gasteiger partial charge in [0.2, 0.25) is 0 Å². The van der Waals surface area contributed by atoms with Gasteiger partial charge in [-0.3, -0.25) is 4.79 Å². The molecule has 0 radical (unpaired) electrons. The predicted molar refractivity (Wildman–Crippen MR) is 76.6 cm³/mol. The molecule has 20 heavy (non-hydrogen) atoms. The Morgan fingerprint density at radius 2 is 2.05 bits per heavy atom. The van der Waals surface area contributed by atoms with Crippen LogP contribution in [0.4, 0.5) is 10.5 Å². The van der Waals surface area contributed by atoms with Gasteiger partial charge < -0.3 is 20.5 Å². The molecular formula is C13H15BrN2O4. The van der Waals surface area contributed by atoms with Gasteiger partial charge in [0.05, 0.1) is 19.3 Å². The quantitative estimate of drug-likeness (QED) is 0.784. The van der Waals surface area contributed by atoms with Gasteiger partial charge in [-0.25, -0.2) is 4.79 Å². The highest BCUT2D eigenvalue weighted by Crippen LogP contribution is 2.28. The number of hydrogen-bond donors (Lipinski definition) is 3. The number of ether oxygens (including phenoxy) is 1. The van der Waals surface area contributed by atoms with Gasteiger partial charge in [-0.05, 0) is 31.2 Å². The number of urea groups is 1. The van der Waals surface area contributed by atoms with Crippen LogP contribution >= 0.6 is 15.9 Å². The second kappa shape index (κ2) is 5.80. The lowest BCUT2D eigenvalue weighted by molar-refractivity contribution is -0.148. The number of rotatable bonds is 3. The lowest BCUT2D eigenvalue weighted by Crippen LogP contribution is -2.50.